The van der Waals surface area contributed by atoms with Crippen LogP contribution in [0.5, 0.6) is 0 Å². The monoisotopic (exact) mass is 400 g/mol. The minimum Gasteiger partial charge on any atom is -0.354 e. The first kappa shape index (κ1) is 17.8. The molecule has 6 rings (SSSR count). The second-order valence-corrected chi connectivity index (χ2v) is 7.88. The Bertz CT molecular complexity index is 1580. The largest absolute Gasteiger partial charge is 0.354 e. The van der Waals surface area contributed by atoms with E-state index in [0.717, 1.165) is 27.5 Å². The zero-order chi connectivity index (χ0) is 20.8. The smallest absolute Gasteiger partial charge is 0.116 e. The van der Waals surface area contributed by atoms with Gasteiger partial charge < -0.3 is 4.90 Å². The van der Waals surface area contributed by atoms with Gasteiger partial charge in [0.1, 0.15) is 13.0 Å². The van der Waals surface area contributed by atoms with E-state index in [4.69, 9.17) is 0 Å². The van der Waals surface area contributed by atoms with Crippen LogP contribution in [0.15, 0.2) is 96.2 Å². The van der Waals surface area contributed by atoms with E-state index in [9.17, 15) is 0 Å². The van der Waals surface area contributed by atoms with E-state index in [-0.39, 0.29) is 0 Å². The Morgan fingerprint density at radius 1 is 0.742 bits per heavy atom. The first-order valence-corrected chi connectivity index (χ1v) is 10.4. The standard InChI is InChI=1S/C27H20N4/c1-31-17-30-25-9-5-3-7-23(25)27(31)21-13-11-18-14-20(12-10-19(18)15-21)26-22-6-2-4-8-24(22)28-16-29-26/h2-16H,17H2,1H3. The summed E-state index contributed by atoms with van der Waals surface area (Å²) in [5.41, 5.74) is 5.46. The highest BCUT2D eigenvalue weighted by molar-refractivity contribution is 5.96. The van der Waals surface area contributed by atoms with Gasteiger partial charge in [0.2, 0.25) is 0 Å². The predicted octanol–water partition coefficient (Wildman–Crippen LogP) is 4.13. The lowest BCUT2D eigenvalue weighted by atomic mass is 9.99. The third kappa shape index (κ3) is 2.96. The molecule has 0 unspecified atom stereocenters. The van der Waals surface area contributed by atoms with Crippen molar-refractivity contribution >= 4 is 27.4 Å². The third-order valence-corrected chi connectivity index (χ3v) is 5.92. The maximum absolute atomic E-state index is 4.68. The summed E-state index contributed by atoms with van der Waals surface area (Å²) in [6, 6.07) is 29.7. The number of fused-ring (bicyclic) bond motifs is 3. The summed E-state index contributed by atoms with van der Waals surface area (Å²) in [4.78, 5) is 15.9. The predicted molar refractivity (Wildman–Crippen MR) is 125 cm³/mol. The average Bonchev–Trinajstić information content (AvgIpc) is 2.83. The molecule has 0 radical (unpaired) electrons. The van der Waals surface area contributed by atoms with Gasteiger partial charge in [-0.3, -0.25) is 4.99 Å². The zero-order valence-electron chi connectivity index (χ0n) is 17.2. The molecule has 0 saturated carbocycles. The Morgan fingerprint density at radius 3 is 2.39 bits per heavy atom. The average molecular weight is 400 g/mol. The van der Waals surface area contributed by atoms with E-state index in [2.05, 4.69) is 87.6 Å². The summed E-state index contributed by atoms with van der Waals surface area (Å²) in [5, 5.41) is 5.71. The van der Waals surface area contributed by atoms with E-state index in [1.54, 1.807) is 6.33 Å². The molecule has 0 atom stereocenters. The molecule has 31 heavy (non-hydrogen) atoms. The van der Waals surface area contributed by atoms with Crippen LogP contribution in [-0.2, 0) is 0 Å². The molecule has 0 saturated heterocycles. The van der Waals surface area contributed by atoms with Crippen LogP contribution < -0.4 is 10.6 Å². The lowest BCUT2D eigenvalue weighted by molar-refractivity contribution is 0.478. The topological polar surface area (TPSA) is 41.4 Å². The van der Waals surface area contributed by atoms with Gasteiger partial charge in [-0.25, -0.2) is 9.97 Å². The fourth-order valence-corrected chi connectivity index (χ4v) is 4.42. The van der Waals surface area contributed by atoms with E-state index < -0.39 is 0 Å². The number of nitrogens with zero attached hydrogens (tertiary/aromatic N) is 4. The van der Waals surface area contributed by atoms with Crippen molar-refractivity contribution in [3.63, 3.8) is 0 Å². The Hall–Kier alpha value is -4.05. The zero-order valence-corrected chi connectivity index (χ0v) is 17.2. The second kappa shape index (κ2) is 7.03. The van der Waals surface area contributed by atoms with Crippen molar-refractivity contribution in [2.75, 3.05) is 13.7 Å². The highest BCUT2D eigenvalue weighted by atomic mass is 15.2. The second-order valence-electron chi connectivity index (χ2n) is 7.88. The summed E-state index contributed by atoms with van der Waals surface area (Å²) in [5.74, 6) is 0. The van der Waals surface area contributed by atoms with Gasteiger partial charge >= 0.3 is 0 Å². The minimum absolute atomic E-state index is 0.671. The lowest BCUT2D eigenvalue weighted by Gasteiger charge is -2.24. The summed E-state index contributed by atoms with van der Waals surface area (Å²) in [7, 11) is 2.10. The summed E-state index contributed by atoms with van der Waals surface area (Å²) in [6.07, 6.45) is 1.64. The first-order chi connectivity index (χ1) is 15.3. The molecule has 0 N–H and O–H groups in total. The van der Waals surface area contributed by atoms with Gasteiger partial charge in [0, 0.05) is 23.2 Å². The molecule has 0 aliphatic carbocycles. The third-order valence-electron chi connectivity index (χ3n) is 5.92. The van der Waals surface area contributed by atoms with Crippen molar-refractivity contribution in [2.45, 2.75) is 0 Å². The molecular weight excluding hydrogens is 380 g/mol. The van der Waals surface area contributed by atoms with Gasteiger partial charge in [-0.05, 0) is 40.6 Å². The van der Waals surface area contributed by atoms with Crippen LogP contribution >= 0.6 is 0 Å². The van der Waals surface area contributed by atoms with E-state index in [1.807, 2.05) is 24.3 Å². The highest BCUT2D eigenvalue weighted by Crippen LogP contribution is 2.29. The van der Waals surface area contributed by atoms with E-state index >= 15 is 0 Å². The van der Waals surface area contributed by atoms with Gasteiger partial charge in [-0.1, -0.05) is 60.7 Å². The SMILES string of the molecule is CN1CN=c2ccccc2=C1c1ccc2cc(-c3ncnc4ccccc34)ccc2c1. The van der Waals surface area contributed by atoms with Crippen LogP contribution in [0.2, 0.25) is 0 Å². The molecule has 0 bridgehead atoms. The Morgan fingerprint density at radius 2 is 1.48 bits per heavy atom. The molecule has 0 spiro atoms. The number of hydrogen-bond acceptors (Lipinski definition) is 4. The summed E-state index contributed by atoms with van der Waals surface area (Å²) in [6.45, 7) is 0.671. The van der Waals surface area contributed by atoms with E-state index in [1.165, 1.54) is 27.3 Å². The summed E-state index contributed by atoms with van der Waals surface area (Å²) < 4.78 is 0. The van der Waals surface area contributed by atoms with Gasteiger partial charge in [0.05, 0.1) is 22.3 Å². The van der Waals surface area contributed by atoms with Crippen LogP contribution in [0.1, 0.15) is 5.56 Å². The molecule has 1 aromatic heterocycles. The molecule has 148 valence electrons. The Balaban J connectivity index is 1.51. The lowest BCUT2D eigenvalue weighted by Crippen LogP contribution is -2.38. The number of para-hydroxylation sites is 2. The van der Waals surface area contributed by atoms with Crippen molar-refractivity contribution in [1.82, 2.24) is 14.9 Å². The molecule has 1 aliphatic heterocycles. The van der Waals surface area contributed by atoms with Crippen LogP contribution in [0.4, 0.5) is 0 Å². The van der Waals surface area contributed by atoms with Gasteiger partial charge in [-0.2, -0.15) is 0 Å². The molecule has 0 fully saturated rings. The molecule has 1 aliphatic rings. The van der Waals surface area contributed by atoms with Crippen molar-refractivity contribution in [3.8, 4) is 11.3 Å². The Kier molecular flexibility index (Phi) is 4.03. The molecule has 5 aromatic rings. The first-order valence-electron chi connectivity index (χ1n) is 10.4. The summed E-state index contributed by atoms with van der Waals surface area (Å²) >= 11 is 0. The Labute approximate surface area is 179 Å². The van der Waals surface area contributed by atoms with Crippen molar-refractivity contribution in [2.24, 2.45) is 4.99 Å². The van der Waals surface area contributed by atoms with Crippen LogP contribution in [0, 0.1) is 0 Å². The van der Waals surface area contributed by atoms with Gasteiger partial charge in [0.15, 0.2) is 0 Å². The normalized spacial score (nSPS) is 13.3. The van der Waals surface area contributed by atoms with E-state index in [0.29, 0.717) is 6.67 Å². The van der Waals surface area contributed by atoms with Crippen LogP contribution in [-0.4, -0.2) is 28.6 Å². The van der Waals surface area contributed by atoms with Gasteiger partial charge in [-0.15, -0.1) is 0 Å². The van der Waals surface area contributed by atoms with Crippen molar-refractivity contribution < 1.29 is 0 Å². The number of benzene rings is 4. The van der Waals surface area contributed by atoms with Crippen molar-refractivity contribution in [3.05, 3.63) is 107 Å². The fraction of sp³-hybridized carbons (Fsp3) is 0.0741. The molecule has 4 aromatic carbocycles. The fourth-order valence-electron chi connectivity index (χ4n) is 4.42. The quantitative estimate of drug-likeness (QED) is 0.447. The number of aromatic nitrogens is 2. The molecule has 4 heteroatoms. The number of rotatable bonds is 2. The number of hydrogen-bond donors (Lipinski definition) is 0. The molecule has 2 heterocycles. The van der Waals surface area contributed by atoms with Gasteiger partial charge in [0.25, 0.3) is 0 Å². The van der Waals surface area contributed by atoms with Crippen LogP contribution in [0.25, 0.3) is 38.6 Å². The van der Waals surface area contributed by atoms with Crippen LogP contribution in [0.3, 0.4) is 0 Å². The minimum atomic E-state index is 0.671. The maximum atomic E-state index is 4.68. The molecular formula is C27H20N4. The molecule has 4 nitrogen and oxygen atoms in total. The van der Waals surface area contributed by atoms with Crippen molar-refractivity contribution in [1.29, 1.82) is 0 Å². The highest BCUT2D eigenvalue weighted by Gasteiger charge is 2.14. The molecule has 0 amide bonds. The maximum Gasteiger partial charge on any atom is 0.116 e.